The Labute approximate surface area is 234 Å². The molecule has 1 amide bonds. The lowest BCUT2D eigenvalue weighted by atomic mass is 9.86. The number of ether oxygens (including phenoxy) is 1. The second-order valence-electron chi connectivity index (χ2n) is 11.0. The molecule has 40 heavy (non-hydrogen) atoms. The zero-order valence-corrected chi connectivity index (χ0v) is 23.1. The van der Waals surface area contributed by atoms with Gasteiger partial charge in [0.2, 0.25) is 6.41 Å². The van der Waals surface area contributed by atoms with E-state index >= 15 is 0 Å². The Kier molecular flexibility index (Phi) is 8.76. The van der Waals surface area contributed by atoms with Gasteiger partial charge in [-0.25, -0.2) is 13.2 Å². The lowest BCUT2D eigenvalue weighted by molar-refractivity contribution is -0.108. The number of carbonyl (C=O) groups is 1. The third-order valence-electron chi connectivity index (χ3n) is 8.29. The molecule has 212 valence electrons. The summed E-state index contributed by atoms with van der Waals surface area (Å²) in [5, 5.41) is 0. The van der Waals surface area contributed by atoms with Crippen molar-refractivity contribution in [3.8, 4) is 11.5 Å². The molecule has 3 aromatic rings. The minimum Gasteiger partial charge on any atom is -0.454 e. The normalized spacial score (nSPS) is 19.0. The molecule has 2 fully saturated rings. The average molecular weight is 552 g/mol. The van der Waals surface area contributed by atoms with Crippen molar-refractivity contribution in [2.75, 3.05) is 31.6 Å². The van der Waals surface area contributed by atoms with E-state index in [1.54, 1.807) is 12.1 Å². The molecule has 1 atom stereocenters. The molecule has 0 saturated carbocycles. The van der Waals surface area contributed by atoms with Crippen molar-refractivity contribution in [3.63, 3.8) is 0 Å². The minimum atomic E-state index is -1.25. The van der Waals surface area contributed by atoms with Gasteiger partial charge in [0.15, 0.2) is 23.2 Å². The minimum absolute atomic E-state index is 0.108. The molecule has 2 saturated heterocycles. The van der Waals surface area contributed by atoms with Gasteiger partial charge in [-0.15, -0.1) is 0 Å². The molecule has 0 spiro atoms. The summed E-state index contributed by atoms with van der Waals surface area (Å²) in [7, 11) is 2.10. The van der Waals surface area contributed by atoms with Gasteiger partial charge in [-0.1, -0.05) is 18.2 Å². The summed E-state index contributed by atoms with van der Waals surface area (Å²) in [5.41, 5.74) is 4.65. The Balaban J connectivity index is 1.19. The summed E-state index contributed by atoms with van der Waals surface area (Å²) in [6.45, 7) is 5.84. The summed E-state index contributed by atoms with van der Waals surface area (Å²) < 4.78 is 46.0. The highest BCUT2D eigenvalue weighted by molar-refractivity contribution is 5.76. The van der Waals surface area contributed by atoms with Gasteiger partial charge in [-0.2, -0.15) is 0 Å². The van der Waals surface area contributed by atoms with Crippen LogP contribution in [0.5, 0.6) is 11.5 Å². The van der Waals surface area contributed by atoms with Crippen LogP contribution in [-0.4, -0.2) is 49.1 Å². The largest absolute Gasteiger partial charge is 0.454 e. The number of aryl methyl sites for hydroxylation is 1. The van der Waals surface area contributed by atoms with Crippen LogP contribution >= 0.6 is 0 Å². The predicted molar refractivity (Wildman–Crippen MR) is 150 cm³/mol. The fraction of sp³-hybridized carbons (Fsp3) is 0.406. The standard InChI is InChI=1S/C32H36F3N3O2/c1-22-6-9-25(38(21-39)32-5-3-4-14-36(32)2)17-27(22)24-12-15-37(16-13-24)20-23-7-10-26(11-8-23)40-31-19-29(34)28(33)18-30(31)35/h6-11,17-19,21,24,32H,3-5,12-16,20H2,1-2H3. The van der Waals surface area contributed by atoms with E-state index in [2.05, 4.69) is 42.0 Å². The number of hydrogen-bond donors (Lipinski definition) is 0. The van der Waals surface area contributed by atoms with Gasteiger partial charge in [0.1, 0.15) is 5.75 Å². The molecular weight excluding hydrogens is 515 g/mol. The number of benzene rings is 3. The Morgan fingerprint density at radius 2 is 1.62 bits per heavy atom. The number of hydrogen-bond acceptors (Lipinski definition) is 4. The van der Waals surface area contributed by atoms with Gasteiger partial charge in [-0.3, -0.25) is 19.5 Å². The van der Waals surface area contributed by atoms with Crippen LogP contribution in [-0.2, 0) is 11.3 Å². The Morgan fingerprint density at radius 1 is 0.900 bits per heavy atom. The third kappa shape index (κ3) is 6.34. The molecule has 2 aliphatic rings. The van der Waals surface area contributed by atoms with Crippen molar-refractivity contribution in [3.05, 3.63) is 88.7 Å². The maximum atomic E-state index is 13.9. The van der Waals surface area contributed by atoms with Crippen molar-refractivity contribution in [2.45, 2.75) is 57.7 Å². The SMILES string of the molecule is Cc1ccc(N(C=O)C2CCCCN2C)cc1C1CCN(Cc2ccc(Oc3cc(F)c(F)cc3F)cc2)CC1. The maximum absolute atomic E-state index is 13.9. The van der Waals surface area contributed by atoms with Crippen LogP contribution in [0.1, 0.15) is 54.7 Å². The number of amides is 1. The zero-order chi connectivity index (χ0) is 28.2. The number of piperidine rings is 2. The summed E-state index contributed by atoms with van der Waals surface area (Å²) in [4.78, 5) is 18.7. The van der Waals surface area contributed by atoms with E-state index in [-0.39, 0.29) is 11.9 Å². The molecule has 2 heterocycles. The van der Waals surface area contributed by atoms with Gasteiger partial charge in [0.05, 0.1) is 6.17 Å². The van der Waals surface area contributed by atoms with E-state index < -0.39 is 17.5 Å². The molecule has 1 unspecified atom stereocenters. The van der Waals surface area contributed by atoms with Crippen molar-refractivity contribution >= 4 is 12.1 Å². The fourth-order valence-electron chi connectivity index (χ4n) is 5.97. The number of carbonyl (C=O) groups excluding carboxylic acids is 1. The quantitative estimate of drug-likeness (QED) is 0.223. The van der Waals surface area contributed by atoms with Crippen molar-refractivity contribution < 1.29 is 22.7 Å². The first-order chi connectivity index (χ1) is 19.3. The topological polar surface area (TPSA) is 36.0 Å². The molecule has 0 N–H and O–H groups in total. The van der Waals surface area contributed by atoms with Crippen LogP contribution in [0.2, 0.25) is 0 Å². The molecule has 0 bridgehead atoms. The number of likely N-dealkylation sites (tertiary alicyclic amines) is 2. The first kappa shape index (κ1) is 28.2. The van der Waals surface area contributed by atoms with Crippen LogP contribution < -0.4 is 9.64 Å². The van der Waals surface area contributed by atoms with E-state index in [4.69, 9.17) is 4.74 Å². The van der Waals surface area contributed by atoms with E-state index in [0.717, 1.165) is 69.5 Å². The van der Waals surface area contributed by atoms with E-state index in [9.17, 15) is 18.0 Å². The molecule has 0 aliphatic carbocycles. The summed E-state index contributed by atoms with van der Waals surface area (Å²) >= 11 is 0. The summed E-state index contributed by atoms with van der Waals surface area (Å²) in [6.07, 6.45) is 6.46. The van der Waals surface area contributed by atoms with Crippen LogP contribution in [0, 0.1) is 24.4 Å². The van der Waals surface area contributed by atoms with E-state index in [1.807, 2.05) is 17.0 Å². The van der Waals surface area contributed by atoms with Crippen molar-refractivity contribution in [2.24, 2.45) is 0 Å². The van der Waals surface area contributed by atoms with E-state index in [1.165, 1.54) is 17.5 Å². The van der Waals surface area contributed by atoms with Crippen LogP contribution in [0.4, 0.5) is 18.9 Å². The van der Waals surface area contributed by atoms with Gasteiger partial charge >= 0.3 is 0 Å². The lowest BCUT2D eigenvalue weighted by Gasteiger charge is -2.39. The first-order valence-corrected chi connectivity index (χ1v) is 14.0. The number of nitrogens with zero attached hydrogens (tertiary/aromatic N) is 3. The van der Waals surface area contributed by atoms with Gasteiger partial charge in [-0.05, 0) is 113 Å². The zero-order valence-electron chi connectivity index (χ0n) is 23.1. The predicted octanol–water partition coefficient (Wildman–Crippen LogP) is 6.99. The Bertz CT molecular complexity index is 1330. The second-order valence-corrected chi connectivity index (χ2v) is 11.0. The van der Waals surface area contributed by atoms with Gasteiger partial charge in [0, 0.05) is 24.4 Å². The number of anilines is 1. The van der Waals surface area contributed by atoms with E-state index in [0.29, 0.717) is 23.8 Å². The molecule has 5 nitrogen and oxygen atoms in total. The fourth-order valence-corrected chi connectivity index (χ4v) is 5.97. The summed E-state index contributed by atoms with van der Waals surface area (Å²) in [6, 6.07) is 14.9. The highest BCUT2D eigenvalue weighted by Gasteiger charge is 2.27. The Morgan fingerprint density at radius 3 is 2.33 bits per heavy atom. The molecule has 3 aromatic carbocycles. The van der Waals surface area contributed by atoms with Crippen LogP contribution in [0.25, 0.3) is 0 Å². The van der Waals surface area contributed by atoms with Crippen molar-refractivity contribution in [1.29, 1.82) is 0 Å². The highest BCUT2D eigenvalue weighted by atomic mass is 19.2. The molecular formula is C32H36F3N3O2. The number of halogens is 3. The molecule has 8 heteroatoms. The number of rotatable bonds is 8. The first-order valence-electron chi connectivity index (χ1n) is 14.0. The van der Waals surface area contributed by atoms with Gasteiger partial charge in [0.25, 0.3) is 0 Å². The van der Waals surface area contributed by atoms with Crippen molar-refractivity contribution in [1.82, 2.24) is 9.80 Å². The second kappa shape index (κ2) is 12.4. The average Bonchev–Trinajstić information content (AvgIpc) is 2.95. The lowest BCUT2D eigenvalue weighted by Crippen LogP contribution is -2.48. The monoisotopic (exact) mass is 551 g/mol. The van der Waals surface area contributed by atoms with Crippen LogP contribution in [0.15, 0.2) is 54.6 Å². The molecule has 5 rings (SSSR count). The van der Waals surface area contributed by atoms with Gasteiger partial charge < -0.3 is 4.74 Å². The smallest absolute Gasteiger partial charge is 0.215 e. The molecule has 0 aromatic heterocycles. The maximum Gasteiger partial charge on any atom is 0.215 e. The molecule has 0 radical (unpaired) electrons. The Hall–Kier alpha value is -3.36. The summed E-state index contributed by atoms with van der Waals surface area (Å²) in [5.74, 6) is -2.91. The molecule has 2 aliphatic heterocycles. The third-order valence-corrected chi connectivity index (χ3v) is 8.29. The van der Waals surface area contributed by atoms with Crippen LogP contribution in [0.3, 0.4) is 0 Å². The highest BCUT2D eigenvalue weighted by Crippen LogP contribution is 2.35.